The van der Waals surface area contributed by atoms with Crippen molar-refractivity contribution in [3.63, 3.8) is 0 Å². The molecule has 0 radical (unpaired) electrons. The largest absolute Gasteiger partial charge is 0.420 e. The first-order chi connectivity index (χ1) is 13.9. The molecule has 0 unspecified atom stereocenters. The highest BCUT2D eigenvalue weighted by atomic mass is 32.2. The van der Waals surface area contributed by atoms with E-state index in [0.717, 1.165) is 0 Å². The van der Waals surface area contributed by atoms with Crippen LogP contribution in [0.3, 0.4) is 0 Å². The number of aryl methyl sites for hydroxylation is 2. The Balaban J connectivity index is 1.67. The lowest BCUT2D eigenvalue weighted by Gasteiger charge is -2.08. The molecule has 3 heterocycles. The van der Waals surface area contributed by atoms with Gasteiger partial charge in [-0.25, -0.2) is 18.2 Å². The Bertz CT molecular complexity index is 1350. The number of fused-ring (bicyclic) bond motifs is 1. The van der Waals surface area contributed by atoms with Gasteiger partial charge in [-0.05, 0) is 31.2 Å². The summed E-state index contributed by atoms with van der Waals surface area (Å²) in [5, 5.41) is 3.82. The molecular weight excluding hydrogens is 398 g/mol. The second-order valence-electron chi connectivity index (χ2n) is 6.31. The summed E-state index contributed by atoms with van der Waals surface area (Å²) >= 11 is 0. The molecule has 11 heteroatoms. The third kappa shape index (κ3) is 3.76. The topological polar surface area (TPSA) is 133 Å². The van der Waals surface area contributed by atoms with Crippen LogP contribution < -0.4 is 10.5 Å². The number of oxazole rings is 1. The van der Waals surface area contributed by atoms with E-state index in [1.54, 1.807) is 25.1 Å². The molecule has 0 aliphatic heterocycles. The molecule has 29 heavy (non-hydrogen) atoms. The van der Waals surface area contributed by atoms with Crippen molar-refractivity contribution in [1.82, 2.24) is 19.7 Å². The van der Waals surface area contributed by atoms with E-state index in [0.29, 0.717) is 29.3 Å². The van der Waals surface area contributed by atoms with Crippen LogP contribution in [-0.4, -0.2) is 28.1 Å². The van der Waals surface area contributed by atoms with E-state index >= 15 is 0 Å². The normalized spacial score (nSPS) is 11.8. The van der Waals surface area contributed by atoms with E-state index < -0.39 is 15.8 Å². The number of sulfonamides is 1. The molecule has 0 bridgehead atoms. The van der Waals surface area contributed by atoms with E-state index in [1.807, 2.05) is 6.92 Å². The maximum atomic E-state index is 12.7. The fourth-order valence-corrected chi connectivity index (χ4v) is 3.82. The van der Waals surface area contributed by atoms with Gasteiger partial charge in [-0.1, -0.05) is 18.1 Å². The van der Waals surface area contributed by atoms with Gasteiger partial charge in [0.25, 0.3) is 10.0 Å². The van der Waals surface area contributed by atoms with Crippen molar-refractivity contribution in [2.45, 2.75) is 31.7 Å². The fourth-order valence-electron chi connectivity index (χ4n) is 2.80. The monoisotopic (exact) mass is 415 g/mol. The summed E-state index contributed by atoms with van der Waals surface area (Å²) in [7, 11) is -3.91. The zero-order valence-corrected chi connectivity index (χ0v) is 16.4. The first-order valence-corrected chi connectivity index (χ1v) is 10.3. The van der Waals surface area contributed by atoms with Gasteiger partial charge in [0, 0.05) is 18.2 Å². The maximum Gasteiger partial charge on any atom is 0.420 e. The molecule has 0 saturated heterocycles. The summed E-state index contributed by atoms with van der Waals surface area (Å²) in [6, 6.07) is 9.19. The molecule has 0 atom stereocenters. The maximum absolute atomic E-state index is 12.7. The highest BCUT2D eigenvalue weighted by Crippen LogP contribution is 2.21. The van der Waals surface area contributed by atoms with Crippen molar-refractivity contribution in [3.8, 4) is 0 Å². The number of pyridine rings is 1. The van der Waals surface area contributed by atoms with E-state index in [-0.39, 0.29) is 22.8 Å². The van der Waals surface area contributed by atoms with Gasteiger partial charge in [-0.15, -0.1) is 0 Å². The fraction of sp³-hybridized carbons (Fsp3) is 0.222. The van der Waals surface area contributed by atoms with Crippen LogP contribution in [0.2, 0.25) is 0 Å². The molecule has 1 aromatic carbocycles. The number of anilines is 1. The molecule has 0 spiro atoms. The molecule has 1 N–H and O–H groups in total. The number of nitrogens with one attached hydrogen (secondary N) is 1. The van der Waals surface area contributed by atoms with Crippen LogP contribution in [0.5, 0.6) is 0 Å². The molecule has 10 nitrogen and oxygen atoms in total. The summed E-state index contributed by atoms with van der Waals surface area (Å²) in [5.41, 5.74) is 1.23. The number of benzene rings is 1. The lowest BCUT2D eigenvalue weighted by atomic mass is 10.3. The highest BCUT2D eigenvalue weighted by molar-refractivity contribution is 7.92. The highest BCUT2D eigenvalue weighted by Gasteiger charge is 2.19. The van der Waals surface area contributed by atoms with E-state index in [2.05, 4.69) is 19.8 Å². The Morgan fingerprint density at radius 1 is 1.17 bits per heavy atom. The molecule has 0 saturated carbocycles. The number of nitrogens with zero attached hydrogens (tertiary/aromatic N) is 4. The van der Waals surface area contributed by atoms with Crippen molar-refractivity contribution in [2.24, 2.45) is 0 Å². The standard InChI is InChI=1S/C18H17N5O5S/c1-3-17-20-16(21-28-17)10-23-13-8-7-12(9-14(13)27-18(23)24)29(25,26)22-15-6-4-5-11(2)19-15/h4-9H,3,10H2,1-2H3,(H,19,22). The molecule has 150 valence electrons. The van der Waals surface area contributed by atoms with Gasteiger partial charge in [-0.2, -0.15) is 4.98 Å². The van der Waals surface area contributed by atoms with Crippen molar-refractivity contribution in [2.75, 3.05) is 4.72 Å². The van der Waals surface area contributed by atoms with Gasteiger partial charge in [0.2, 0.25) is 5.89 Å². The number of aromatic nitrogens is 4. The summed E-state index contributed by atoms with van der Waals surface area (Å²) < 4.78 is 39.3. The van der Waals surface area contributed by atoms with Crippen LogP contribution in [0.1, 0.15) is 24.3 Å². The summed E-state index contributed by atoms with van der Waals surface area (Å²) in [4.78, 5) is 20.5. The Labute approximate surface area is 165 Å². The first kappa shape index (κ1) is 18.9. The van der Waals surface area contributed by atoms with E-state index in [4.69, 9.17) is 8.94 Å². The number of hydrogen-bond donors (Lipinski definition) is 1. The quantitative estimate of drug-likeness (QED) is 0.506. The Morgan fingerprint density at radius 2 is 2.00 bits per heavy atom. The van der Waals surface area contributed by atoms with E-state index in [1.165, 1.54) is 22.8 Å². The third-order valence-corrected chi connectivity index (χ3v) is 5.54. The molecule has 4 aromatic rings. The zero-order valence-electron chi connectivity index (χ0n) is 15.6. The zero-order chi connectivity index (χ0) is 20.6. The smallest absolute Gasteiger partial charge is 0.408 e. The van der Waals surface area contributed by atoms with Crippen LogP contribution >= 0.6 is 0 Å². The molecule has 0 amide bonds. The molecule has 3 aromatic heterocycles. The van der Waals surface area contributed by atoms with E-state index in [9.17, 15) is 13.2 Å². The molecule has 0 fully saturated rings. The third-order valence-electron chi connectivity index (χ3n) is 4.19. The minimum atomic E-state index is -3.91. The number of rotatable bonds is 6. The Kier molecular flexibility index (Phi) is 4.66. The Hall–Kier alpha value is -3.47. The molecule has 0 aliphatic carbocycles. The van der Waals surface area contributed by atoms with Crippen molar-refractivity contribution >= 4 is 26.9 Å². The predicted molar refractivity (Wildman–Crippen MR) is 103 cm³/mol. The predicted octanol–water partition coefficient (Wildman–Crippen LogP) is 2.09. The minimum absolute atomic E-state index is 0.0485. The Morgan fingerprint density at radius 3 is 2.72 bits per heavy atom. The molecule has 0 aliphatic rings. The van der Waals surface area contributed by atoms with Gasteiger partial charge < -0.3 is 8.94 Å². The summed E-state index contributed by atoms with van der Waals surface area (Å²) in [6.45, 7) is 3.68. The van der Waals surface area contributed by atoms with Gasteiger partial charge in [0.15, 0.2) is 11.4 Å². The SMILES string of the molecule is CCc1nc(Cn2c(=O)oc3cc(S(=O)(=O)Nc4cccc(C)n4)ccc32)no1. The van der Waals surface area contributed by atoms with Crippen molar-refractivity contribution in [1.29, 1.82) is 0 Å². The lowest BCUT2D eigenvalue weighted by molar-refractivity contribution is 0.375. The molecule has 4 rings (SSSR count). The molecular formula is C18H17N5O5S. The van der Waals surface area contributed by atoms with Crippen LogP contribution in [-0.2, 0) is 23.0 Å². The van der Waals surface area contributed by atoms with Gasteiger partial charge in [0.05, 0.1) is 17.0 Å². The van der Waals surface area contributed by atoms with Gasteiger partial charge >= 0.3 is 5.76 Å². The van der Waals surface area contributed by atoms with Crippen LogP contribution in [0.4, 0.5) is 5.82 Å². The van der Waals surface area contributed by atoms with Crippen molar-refractivity contribution in [3.05, 3.63) is 64.4 Å². The van der Waals surface area contributed by atoms with Crippen molar-refractivity contribution < 1.29 is 17.4 Å². The van der Waals surface area contributed by atoms with Crippen LogP contribution in [0.25, 0.3) is 11.1 Å². The minimum Gasteiger partial charge on any atom is -0.408 e. The van der Waals surface area contributed by atoms with Gasteiger partial charge in [0.1, 0.15) is 5.82 Å². The summed E-state index contributed by atoms with van der Waals surface area (Å²) in [5.74, 6) is 0.347. The number of hydrogen-bond acceptors (Lipinski definition) is 8. The second kappa shape index (κ2) is 7.17. The lowest BCUT2D eigenvalue weighted by Crippen LogP contribution is -2.16. The average Bonchev–Trinajstić information content (AvgIpc) is 3.25. The average molecular weight is 415 g/mol. The first-order valence-electron chi connectivity index (χ1n) is 8.77. The van der Waals surface area contributed by atoms with Gasteiger partial charge in [-0.3, -0.25) is 9.29 Å². The summed E-state index contributed by atoms with van der Waals surface area (Å²) in [6.07, 6.45) is 0.581. The second-order valence-corrected chi connectivity index (χ2v) is 7.99. The van der Waals surface area contributed by atoms with Crippen LogP contribution in [0, 0.1) is 6.92 Å². The van der Waals surface area contributed by atoms with Crippen LogP contribution in [0.15, 0.2) is 55.0 Å².